The first-order valence-corrected chi connectivity index (χ1v) is 7.82. The van der Waals surface area contributed by atoms with Crippen molar-refractivity contribution in [2.45, 2.75) is 20.5 Å². The smallest absolute Gasteiger partial charge is 0.368 e. The van der Waals surface area contributed by atoms with Crippen LogP contribution in [0.2, 0.25) is 5.02 Å². The quantitative estimate of drug-likeness (QED) is 0.730. The molecule has 0 saturated carbocycles. The van der Waals surface area contributed by atoms with E-state index in [4.69, 9.17) is 16.3 Å². The molecule has 3 aromatic rings. The van der Waals surface area contributed by atoms with Gasteiger partial charge in [-0.3, -0.25) is 0 Å². The first kappa shape index (κ1) is 16.3. The van der Waals surface area contributed by atoms with E-state index >= 15 is 0 Å². The fourth-order valence-corrected chi connectivity index (χ4v) is 2.58. The van der Waals surface area contributed by atoms with Gasteiger partial charge < -0.3 is 4.74 Å². The van der Waals surface area contributed by atoms with E-state index in [0.717, 1.165) is 16.7 Å². The van der Waals surface area contributed by atoms with Crippen LogP contribution >= 0.6 is 11.6 Å². The lowest BCUT2D eigenvalue weighted by atomic mass is 10.1. The number of para-hydroxylation sites is 1. The molecular weight excluding hydrogens is 328 g/mol. The zero-order valence-electron chi connectivity index (χ0n) is 13.7. The predicted molar refractivity (Wildman–Crippen MR) is 91.9 cm³/mol. The Morgan fingerprint density at radius 1 is 1.12 bits per heavy atom. The summed E-state index contributed by atoms with van der Waals surface area (Å²) in [5.41, 5.74) is 3.18. The molecule has 0 aliphatic heterocycles. The molecule has 2 aromatic carbocycles. The Kier molecular flexibility index (Phi) is 4.40. The molecule has 1 aromatic heterocycles. The van der Waals surface area contributed by atoms with Gasteiger partial charge in [-0.15, -0.1) is 0 Å². The molecule has 124 valence electrons. The van der Waals surface area contributed by atoms with E-state index in [-0.39, 0.29) is 5.69 Å². The number of hydrogen-bond acceptors (Lipinski definition) is 4. The zero-order chi connectivity index (χ0) is 17.3. The van der Waals surface area contributed by atoms with Gasteiger partial charge in [0.1, 0.15) is 12.4 Å². The van der Waals surface area contributed by atoms with Crippen LogP contribution in [0.25, 0.3) is 5.69 Å². The second-order valence-corrected chi connectivity index (χ2v) is 5.99. The molecule has 0 spiro atoms. The number of ether oxygens (including phenoxy) is 1. The Morgan fingerprint density at radius 3 is 2.58 bits per heavy atom. The van der Waals surface area contributed by atoms with Gasteiger partial charge in [0.25, 0.3) is 0 Å². The van der Waals surface area contributed by atoms with Crippen LogP contribution in [0.1, 0.15) is 16.7 Å². The first-order valence-electron chi connectivity index (χ1n) is 7.44. The molecule has 6 nitrogen and oxygen atoms in total. The van der Waals surface area contributed by atoms with E-state index in [0.29, 0.717) is 23.1 Å². The summed E-state index contributed by atoms with van der Waals surface area (Å²) in [5, 5.41) is 8.29. The van der Waals surface area contributed by atoms with Crippen LogP contribution in [0.15, 0.2) is 41.2 Å². The van der Waals surface area contributed by atoms with Crippen LogP contribution in [-0.4, -0.2) is 19.8 Å². The van der Waals surface area contributed by atoms with Gasteiger partial charge in [-0.25, -0.2) is 4.79 Å². The molecule has 0 atom stereocenters. The third-order valence-electron chi connectivity index (χ3n) is 3.78. The second-order valence-electron chi connectivity index (χ2n) is 5.58. The molecule has 0 amide bonds. The molecular formula is C17H17ClN4O2. The van der Waals surface area contributed by atoms with Crippen molar-refractivity contribution in [2.24, 2.45) is 7.05 Å². The lowest BCUT2D eigenvalue weighted by Crippen LogP contribution is -2.23. The summed E-state index contributed by atoms with van der Waals surface area (Å²) in [7, 11) is 1.56. The largest absolute Gasteiger partial charge is 0.488 e. The number of tetrazole rings is 1. The van der Waals surface area contributed by atoms with Crippen molar-refractivity contribution in [1.82, 2.24) is 19.8 Å². The molecule has 0 aliphatic rings. The first-order chi connectivity index (χ1) is 11.5. The molecule has 0 radical (unpaired) electrons. The van der Waals surface area contributed by atoms with Crippen LogP contribution in [0, 0.1) is 13.8 Å². The second kappa shape index (κ2) is 6.49. The van der Waals surface area contributed by atoms with Crippen LogP contribution < -0.4 is 10.4 Å². The number of rotatable bonds is 4. The molecule has 7 heteroatoms. The van der Waals surface area contributed by atoms with E-state index in [1.807, 2.05) is 50.2 Å². The minimum absolute atomic E-state index is 0.291. The highest BCUT2D eigenvalue weighted by Gasteiger charge is 2.12. The maximum atomic E-state index is 12.1. The number of aromatic nitrogens is 4. The number of nitrogens with zero attached hydrogens (tertiary/aromatic N) is 4. The van der Waals surface area contributed by atoms with Crippen LogP contribution in [0.3, 0.4) is 0 Å². The van der Waals surface area contributed by atoms with E-state index in [9.17, 15) is 4.79 Å². The van der Waals surface area contributed by atoms with Crippen molar-refractivity contribution < 1.29 is 4.74 Å². The summed E-state index contributed by atoms with van der Waals surface area (Å²) in [4.78, 5) is 12.1. The highest BCUT2D eigenvalue weighted by Crippen LogP contribution is 2.27. The molecule has 0 N–H and O–H groups in total. The normalized spacial score (nSPS) is 10.8. The lowest BCUT2D eigenvalue weighted by molar-refractivity contribution is 0.303. The van der Waals surface area contributed by atoms with Crippen LogP contribution in [0.5, 0.6) is 5.75 Å². The van der Waals surface area contributed by atoms with Gasteiger partial charge >= 0.3 is 5.69 Å². The summed E-state index contributed by atoms with van der Waals surface area (Å²) < 4.78 is 8.35. The average Bonchev–Trinajstić information content (AvgIpc) is 2.89. The topological polar surface area (TPSA) is 61.9 Å². The van der Waals surface area contributed by atoms with E-state index in [2.05, 4.69) is 10.4 Å². The zero-order valence-corrected chi connectivity index (χ0v) is 14.4. The van der Waals surface area contributed by atoms with Crippen molar-refractivity contribution in [1.29, 1.82) is 0 Å². The Bertz CT molecular complexity index is 946. The van der Waals surface area contributed by atoms with E-state index in [1.54, 1.807) is 7.05 Å². The van der Waals surface area contributed by atoms with Gasteiger partial charge in [-0.05, 0) is 47.5 Å². The summed E-state index contributed by atoms with van der Waals surface area (Å²) in [6, 6.07) is 11.2. The third-order valence-corrected chi connectivity index (χ3v) is 4.19. The predicted octanol–water partition coefficient (Wildman–Crippen LogP) is 2.82. The van der Waals surface area contributed by atoms with Gasteiger partial charge in [0, 0.05) is 17.6 Å². The van der Waals surface area contributed by atoms with Crippen LogP contribution in [-0.2, 0) is 13.7 Å². The molecule has 0 aliphatic carbocycles. The van der Waals surface area contributed by atoms with Gasteiger partial charge in [0.05, 0.1) is 5.69 Å². The number of benzene rings is 2. The van der Waals surface area contributed by atoms with E-state index in [1.165, 1.54) is 9.36 Å². The monoisotopic (exact) mass is 344 g/mol. The molecule has 0 bridgehead atoms. The standard InChI is InChI=1S/C17H17ClN4O2/c1-11-8-12(2)16(9-14(11)18)24-10-13-6-4-5-7-15(13)22-17(23)21(3)19-20-22/h4-9H,10H2,1-3H3. The van der Waals surface area contributed by atoms with Gasteiger partial charge in [-0.1, -0.05) is 35.9 Å². The Balaban J connectivity index is 1.91. The Hall–Kier alpha value is -2.60. The third kappa shape index (κ3) is 3.05. The minimum Gasteiger partial charge on any atom is -0.488 e. The summed E-state index contributed by atoms with van der Waals surface area (Å²) in [6.07, 6.45) is 0. The Morgan fingerprint density at radius 2 is 1.88 bits per heavy atom. The van der Waals surface area contributed by atoms with Crippen molar-refractivity contribution in [2.75, 3.05) is 0 Å². The van der Waals surface area contributed by atoms with Crippen molar-refractivity contribution >= 4 is 11.6 Å². The van der Waals surface area contributed by atoms with Crippen molar-refractivity contribution in [3.63, 3.8) is 0 Å². The SMILES string of the molecule is Cc1cc(C)c(OCc2ccccc2-n2nnn(C)c2=O)cc1Cl. The number of hydrogen-bond donors (Lipinski definition) is 0. The highest BCUT2D eigenvalue weighted by atomic mass is 35.5. The summed E-state index contributed by atoms with van der Waals surface area (Å²) in [6.45, 7) is 4.21. The van der Waals surface area contributed by atoms with Crippen molar-refractivity contribution in [3.05, 3.63) is 68.6 Å². The fraction of sp³-hybridized carbons (Fsp3) is 0.235. The highest BCUT2D eigenvalue weighted by molar-refractivity contribution is 6.31. The van der Waals surface area contributed by atoms with Gasteiger partial charge in [-0.2, -0.15) is 9.36 Å². The minimum atomic E-state index is -0.308. The fourth-order valence-electron chi connectivity index (χ4n) is 2.42. The Labute approximate surface area is 144 Å². The maximum absolute atomic E-state index is 12.1. The molecule has 1 heterocycles. The van der Waals surface area contributed by atoms with E-state index < -0.39 is 0 Å². The summed E-state index contributed by atoms with van der Waals surface area (Å²) >= 11 is 6.17. The molecule has 24 heavy (non-hydrogen) atoms. The molecule has 0 saturated heterocycles. The number of aryl methyl sites for hydroxylation is 3. The average molecular weight is 345 g/mol. The van der Waals surface area contributed by atoms with Crippen molar-refractivity contribution in [3.8, 4) is 11.4 Å². The van der Waals surface area contributed by atoms with Crippen LogP contribution in [0.4, 0.5) is 0 Å². The molecule has 0 unspecified atom stereocenters. The van der Waals surface area contributed by atoms with Gasteiger partial charge in [0.2, 0.25) is 0 Å². The molecule has 0 fully saturated rings. The lowest BCUT2D eigenvalue weighted by Gasteiger charge is -2.13. The molecule has 3 rings (SSSR count). The number of halogens is 1. The maximum Gasteiger partial charge on any atom is 0.368 e. The summed E-state index contributed by atoms with van der Waals surface area (Å²) in [5.74, 6) is 0.715. The van der Waals surface area contributed by atoms with Gasteiger partial charge in [0.15, 0.2) is 0 Å².